The van der Waals surface area contributed by atoms with Gasteiger partial charge in [0.1, 0.15) is 5.75 Å². The van der Waals surface area contributed by atoms with E-state index in [1.165, 1.54) is 0 Å². The first-order chi connectivity index (χ1) is 10.6. The van der Waals surface area contributed by atoms with Gasteiger partial charge >= 0.3 is 0 Å². The number of ether oxygens (including phenoxy) is 1. The summed E-state index contributed by atoms with van der Waals surface area (Å²) in [6.45, 7) is 4.73. The summed E-state index contributed by atoms with van der Waals surface area (Å²) in [6.07, 6.45) is 4.34. The van der Waals surface area contributed by atoms with E-state index in [2.05, 4.69) is 22.9 Å². The fraction of sp³-hybridized carbons (Fsp3) is 0.211. The fourth-order valence-electron chi connectivity index (χ4n) is 1.97. The van der Waals surface area contributed by atoms with E-state index >= 15 is 0 Å². The number of hydrogen-bond donors (Lipinski definition) is 0. The van der Waals surface area contributed by atoms with Crippen LogP contribution in [0.2, 0.25) is 0 Å². The molecule has 0 atom stereocenters. The van der Waals surface area contributed by atoms with Crippen LogP contribution in [-0.4, -0.2) is 12.4 Å². The molecule has 2 rings (SSSR count). The highest BCUT2D eigenvalue weighted by atomic mass is 79.9. The number of allylic oxidation sites excluding steroid dienone is 1. The van der Waals surface area contributed by atoms with Crippen LogP contribution in [0.1, 0.15) is 34.8 Å². The smallest absolute Gasteiger partial charge is 0.185 e. The Labute approximate surface area is 139 Å². The van der Waals surface area contributed by atoms with Crippen LogP contribution in [0.25, 0.3) is 6.08 Å². The second-order valence-electron chi connectivity index (χ2n) is 5.09. The third-order valence-electron chi connectivity index (χ3n) is 3.18. The van der Waals surface area contributed by atoms with E-state index in [0.717, 1.165) is 27.8 Å². The number of hydrogen-bond acceptors (Lipinski definition) is 2. The minimum atomic E-state index is -0.0126. The van der Waals surface area contributed by atoms with Crippen LogP contribution in [0, 0.1) is 6.92 Å². The summed E-state index contributed by atoms with van der Waals surface area (Å²) in [5, 5.41) is 0. The topological polar surface area (TPSA) is 26.3 Å². The number of carbonyl (C=O) groups excluding carboxylic acids is 1. The third-order valence-corrected chi connectivity index (χ3v) is 3.68. The molecule has 0 fully saturated rings. The first-order valence-corrected chi connectivity index (χ1v) is 8.11. The van der Waals surface area contributed by atoms with Gasteiger partial charge in [-0.3, -0.25) is 4.79 Å². The summed E-state index contributed by atoms with van der Waals surface area (Å²) in [4.78, 5) is 12.2. The lowest BCUT2D eigenvalue weighted by molar-refractivity contribution is 0.104. The van der Waals surface area contributed by atoms with E-state index < -0.39 is 0 Å². The lowest BCUT2D eigenvalue weighted by Gasteiger charge is -2.08. The summed E-state index contributed by atoms with van der Waals surface area (Å²) in [6, 6.07) is 13.4. The predicted octanol–water partition coefficient (Wildman–Crippen LogP) is 5.44. The summed E-state index contributed by atoms with van der Waals surface area (Å²) in [5.41, 5.74) is 2.72. The lowest BCUT2D eigenvalue weighted by Crippen LogP contribution is -1.97. The minimum Gasteiger partial charge on any atom is -0.493 e. The molecule has 0 aliphatic rings. The number of rotatable bonds is 6. The molecule has 3 heteroatoms. The average Bonchev–Trinajstić information content (AvgIpc) is 2.52. The van der Waals surface area contributed by atoms with Crippen LogP contribution < -0.4 is 4.74 Å². The van der Waals surface area contributed by atoms with E-state index in [9.17, 15) is 4.79 Å². The standard InChI is InChI=1S/C19H19BrO2/c1-3-12-22-19-11-9-17(20)13-16(19)8-10-18(21)15-6-4-14(2)5-7-15/h4-11,13H,3,12H2,1-2H3/b10-8+. The molecular weight excluding hydrogens is 340 g/mol. The average molecular weight is 359 g/mol. The molecule has 0 bridgehead atoms. The second kappa shape index (κ2) is 7.95. The number of carbonyl (C=O) groups is 1. The summed E-state index contributed by atoms with van der Waals surface area (Å²) >= 11 is 3.45. The first kappa shape index (κ1) is 16.5. The van der Waals surface area contributed by atoms with Gasteiger partial charge in [0.25, 0.3) is 0 Å². The van der Waals surface area contributed by atoms with E-state index in [-0.39, 0.29) is 5.78 Å². The molecule has 0 unspecified atom stereocenters. The molecule has 0 saturated carbocycles. The Morgan fingerprint density at radius 3 is 2.59 bits per heavy atom. The molecule has 0 amide bonds. The predicted molar refractivity (Wildman–Crippen MR) is 94.5 cm³/mol. The molecule has 0 spiro atoms. The van der Waals surface area contributed by atoms with Crippen LogP contribution in [0.3, 0.4) is 0 Å². The molecule has 0 radical (unpaired) electrons. The van der Waals surface area contributed by atoms with Crippen molar-refractivity contribution in [3.63, 3.8) is 0 Å². The number of aryl methyl sites for hydroxylation is 1. The van der Waals surface area contributed by atoms with Crippen LogP contribution in [0.15, 0.2) is 53.0 Å². The van der Waals surface area contributed by atoms with E-state index in [1.807, 2.05) is 49.4 Å². The molecule has 22 heavy (non-hydrogen) atoms. The van der Waals surface area contributed by atoms with Gasteiger partial charge in [-0.05, 0) is 43.7 Å². The van der Waals surface area contributed by atoms with Gasteiger partial charge in [-0.2, -0.15) is 0 Å². The van der Waals surface area contributed by atoms with Gasteiger partial charge < -0.3 is 4.74 Å². The molecule has 0 heterocycles. The number of benzene rings is 2. The zero-order valence-corrected chi connectivity index (χ0v) is 14.4. The van der Waals surface area contributed by atoms with Crippen LogP contribution in [0.5, 0.6) is 5.75 Å². The van der Waals surface area contributed by atoms with Gasteiger partial charge in [0, 0.05) is 15.6 Å². The molecule has 114 valence electrons. The van der Waals surface area contributed by atoms with Gasteiger partial charge in [0.15, 0.2) is 5.78 Å². The maximum atomic E-state index is 12.2. The minimum absolute atomic E-state index is 0.0126. The van der Waals surface area contributed by atoms with Crippen molar-refractivity contribution in [3.8, 4) is 5.75 Å². The van der Waals surface area contributed by atoms with E-state index in [1.54, 1.807) is 12.2 Å². The Morgan fingerprint density at radius 1 is 1.18 bits per heavy atom. The summed E-state index contributed by atoms with van der Waals surface area (Å²) in [5.74, 6) is 0.777. The molecule has 2 aromatic rings. The Hall–Kier alpha value is -1.87. The fourth-order valence-corrected chi connectivity index (χ4v) is 2.35. The van der Waals surface area contributed by atoms with Gasteiger partial charge in [-0.25, -0.2) is 0 Å². The quantitative estimate of drug-likeness (QED) is 0.507. The van der Waals surface area contributed by atoms with Crippen molar-refractivity contribution in [1.82, 2.24) is 0 Å². The van der Waals surface area contributed by atoms with Gasteiger partial charge in [0.2, 0.25) is 0 Å². The Morgan fingerprint density at radius 2 is 1.91 bits per heavy atom. The van der Waals surface area contributed by atoms with Crippen molar-refractivity contribution in [3.05, 3.63) is 69.7 Å². The van der Waals surface area contributed by atoms with E-state index in [4.69, 9.17) is 4.74 Å². The Balaban J connectivity index is 2.19. The van der Waals surface area contributed by atoms with Crippen molar-refractivity contribution < 1.29 is 9.53 Å². The lowest BCUT2D eigenvalue weighted by atomic mass is 10.1. The normalized spacial score (nSPS) is 10.9. The van der Waals surface area contributed by atoms with Gasteiger partial charge in [-0.1, -0.05) is 52.7 Å². The molecule has 0 saturated heterocycles. The van der Waals surface area contributed by atoms with Crippen LogP contribution >= 0.6 is 15.9 Å². The van der Waals surface area contributed by atoms with Crippen molar-refractivity contribution in [2.24, 2.45) is 0 Å². The molecule has 0 aliphatic heterocycles. The number of ketones is 1. The van der Waals surface area contributed by atoms with Crippen molar-refractivity contribution in [2.45, 2.75) is 20.3 Å². The monoisotopic (exact) mass is 358 g/mol. The summed E-state index contributed by atoms with van der Waals surface area (Å²) < 4.78 is 6.67. The first-order valence-electron chi connectivity index (χ1n) is 7.31. The molecule has 2 aromatic carbocycles. The van der Waals surface area contributed by atoms with Gasteiger partial charge in [0.05, 0.1) is 6.61 Å². The highest BCUT2D eigenvalue weighted by molar-refractivity contribution is 9.10. The molecule has 2 nitrogen and oxygen atoms in total. The van der Waals surface area contributed by atoms with Crippen molar-refractivity contribution >= 4 is 27.8 Å². The van der Waals surface area contributed by atoms with Crippen LogP contribution in [-0.2, 0) is 0 Å². The zero-order valence-electron chi connectivity index (χ0n) is 12.8. The van der Waals surface area contributed by atoms with Crippen molar-refractivity contribution in [2.75, 3.05) is 6.61 Å². The SMILES string of the molecule is CCCOc1ccc(Br)cc1/C=C/C(=O)c1ccc(C)cc1. The Bertz CT molecular complexity index is 672. The maximum absolute atomic E-state index is 12.2. The highest BCUT2D eigenvalue weighted by Gasteiger charge is 2.04. The highest BCUT2D eigenvalue weighted by Crippen LogP contribution is 2.25. The maximum Gasteiger partial charge on any atom is 0.185 e. The van der Waals surface area contributed by atoms with Crippen molar-refractivity contribution in [1.29, 1.82) is 0 Å². The van der Waals surface area contributed by atoms with Gasteiger partial charge in [-0.15, -0.1) is 0 Å². The molecule has 0 N–H and O–H groups in total. The number of halogens is 1. The molecular formula is C19H19BrO2. The zero-order chi connectivity index (χ0) is 15.9. The van der Waals surface area contributed by atoms with Crippen LogP contribution in [0.4, 0.5) is 0 Å². The summed E-state index contributed by atoms with van der Waals surface area (Å²) in [7, 11) is 0. The third kappa shape index (κ3) is 4.57. The molecule has 0 aromatic heterocycles. The second-order valence-corrected chi connectivity index (χ2v) is 6.01. The largest absolute Gasteiger partial charge is 0.493 e. The Kier molecular flexibility index (Phi) is 5.96. The van der Waals surface area contributed by atoms with E-state index in [0.29, 0.717) is 12.2 Å². The molecule has 0 aliphatic carbocycles.